The predicted molar refractivity (Wildman–Crippen MR) is 154 cm³/mol. The molecule has 1 saturated heterocycles. The normalized spacial score (nSPS) is 16.8. The fourth-order valence-corrected chi connectivity index (χ4v) is 5.61. The molecule has 6 nitrogen and oxygen atoms in total. The standard InChI is InChI=1S/C31H33BrN4O2/c1-2-23-7-3-4-9-26(23)24-14-16-29-27(32)20-34-36(29)25(18-24)8-5-6-21-10-12-22(13-11-21)19-33-31(38)28-15-17-30(37)35-28/h3-4,7,9-14,18,20,28H,2,5-6,8,15-17,19H2,1H3,(H,33,38)(H,35,37). The molecule has 0 spiro atoms. The number of halogens is 1. The molecule has 1 unspecified atom stereocenters. The molecule has 1 aromatic heterocycles. The summed E-state index contributed by atoms with van der Waals surface area (Å²) in [6, 6.07) is 16.7. The molecular formula is C31H33BrN4O2. The molecule has 2 aliphatic rings. The number of nitrogens with one attached hydrogen (secondary N) is 2. The second-order valence-electron chi connectivity index (χ2n) is 9.91. The van der Waals surface area contributed by atoms with Gasteiger partial charge < -0.3 is 10.6 Å². The van der Waals surface area contributed by atoms with Crippen LogP contribution in [0.1, 0.15) is 60.6 Å². The number of benzene rings is 2. The van der Waals surface area contributed by atoms with Gasteiger partial charge in [0, 0.05) is 25.1 Å². The first-order chi connectivity index (χ1) is 18.5. The summed E-state index contributed by atoms with van der Waals surface area (Å²) in [5.74, 6) is -0.167. The van der Waals surface area contributed by atoms with Gasteiger partial charge >= 0.3 is 0 Å². The summed E-state index contributed by atoms with van der Waals surface area (Å²) in [5, 5.41) is 10.3. The molecule has 0 aliphatic carbocycles. The first-order valence-electron chi connectivity index (χ1n) is 13.4. The van der Waals surface area contributed by atoms with Gasteiger partial charge in [-0.3, -0.25) is 9.59 Å². The lowest BCUT2D eigenvalue weighted by atomic mass is 9.96. The average Bonchev–Trinajstić information content (AvgIpc) is 3.49. The molecule has 2 amide bonds. The Kier molecular flexibility index (Phi) is 8.23. The van der Waals surface area contributed by atoms with Gasteiger partial charge in [0.05, 0.1) is 16.4 Å². The number of aromatic nitrogens is 2. The number of nitrogens with zero attached hydrogens (tertiary/aromatic N) is 2. The van der Waals surface area contributed by atoms with Crippen molar-refractivity contribution in [1.29, 1.82) is 0 Å². The van der Waals surface area contributed by atoms with Gasteiger partial charge in [-0.1, -0.05) is 61.5 Å². The van der Waals surface area contributed by atoms with Gasteiger partial charge in [-0.2, -0.15) is 5.10 Å². The zero-order chi connectivity index (χ0) is 26.5. The third-order valence-corrected chi connectivity index (χ3v) is 8.00. The Hall–Kier alpha value is -3.45. The third kappa shape index (κ3) is 5.99. The molecule has 0 saturated carbocycles. The van der Waals surface area contributed by atoms with Crippen LogP contribution in [0, 0.1) is 0 Å². The topological polar surface area (TPSA) is 76.0 Å². The van der Waals surface area contributed by atoms with Crippen LogP contribution in [0.15, 0.2) is 71.4 Å². The summed E-state index contributed by atoms with van der Waals surface area (Å²) in [5.41, 5.74) is 8.63. The Morgan fingerprint density at radius 1 is 1.13 bits per heavy atom. The molecule has 38 heavy (non-hydrogen) atoms. The van der Waals surface area contributed by atoms with Crippen molar-refractivity contribution in [2.24, 2.45) is 0 Å². The summed E-state index contributed by atoms with van der Waals surface area (Å²) < 4.78 is 3.14. The van der Waals surface area contributed by atoms with Crippen molar-refractivity contribution < 1.29 is 9.59 Å². The van der Waals surface area contributed by atoms with Crippen LogP contribution in [0.25, 0.3) is 11.3 Å². The summed E-state index contributed by atoms with van der Waals surface area (Å²) in [7, 11) is 0. The Bertz CT molecular complexity index is 1390. The van der Waals surface area contributed by atoms with Crippen LogP contribution in [0.5, 0.6) is 0 Å². The minimum Gasteiger partial charge on any atom is -0.350 e. The Labute approximate surface area is 232 Å². The number of aryl methyl sites for hydroxylation is 2. The number of fused-ring (bicyclic) bond motifs is 1. The predicted octanol–water partition coefficient (Wildman–Crippen LogP) is 5.61. The van der Waals surface area contributed by atoms with Gasteiger partial charge in [0.2, 0.25) is 11.8 Å². The molecule has 1 atom stereocenters. The van der Waals surface area contributed by atoms with E-state index in [0.717, 1.165) is 42.1 Å². The highest BCUT2D eigenvalue weighted by Crippen LogP contribution is 2.32. The number of amides is 2. The second-order valence-corrected chi connectivity index (χ2v) is 10.8. The van der Waals surface area contributed by atoms with E-state index in [2.05, 4.69) is 104 Å². The van der Waals surface area contributed by atoms with Crippen molar-refractivity contribution in [2.45, 2.75) is 64.5 Å². The molecule has 5 rings (SSSR count). The van der Waals surface area contributed by atoms with Crippen LogP contribution in [0.3, 0.4) is 0 Å². The first-order valence-corrected chi connectivity index (χ1v) is 14.2. The fraction of sp³-hybridized carbons (Fsp3) is 0.323. The van der Waals surface area contributed by atoms with Crippen LogP contribution >= 0.6 is 15.9 Å². The highest BCUT2D eigenvalue weighted by molar-refractivity contribution is 9.10. The SMILES string of the molecule is CCc1ccccc1C1=CCc2c(Br)cnn2C(CCCc2ccc(CNC(=O)C3CCC(=O)N3)cc2)=C1. The molecule has 2 aliphatic heterocycles. The van der Waals surface area contributed by atoms with Crippen molar-refractivity contribution in [3.8, 4) is 0 Å². The zero-order valence-corrected chi connectivity index (χ0v) is 23.3. The molecule has 196 valence electrons. The summed E-state index contributed by atoms with van der Waals surface area (Å²) in [6.07, 6.45) is 12.2. The maximum Gasteiger partial charge on any atom is 0.242 e. The van der Waals surface area contributed by atoms with E-state index in [1.165, 1.54) is 33.7 Å². The Morgan fingerprint density at radius 2 is 1.92 bits per heavy atom. The molecular weight excluding hydrogens is 540 g/mol. The number of hydrogen-bond donors (Lipinski definition) is 2. The van der Waals surface area contributed by atoms with Gasteiger partial charge in [0.25, 0.3) is 0 Å². The maximum absolute atomic E-state index is 12.2. The quantitative estimate of drug-likeness (QED) is 0.350. The van der Waals surface area contributed by atoms with Crippen molar-refractivity contribution in [3.63, 3.8) is 0 Å². The molecule has 0 radical (unpaired) electrons. The van der Waals surface area contributed by atoms with E-state index in [1.807, 2.05) is 6.20 Å². The van der Waals surface area contributed by atoms with Crippen LogP contribution in [-0.4, -0.2) is 27.6 Å². The summed E-state index contributed by atoms with van der Waals surface area (Å²) >= 11 is 3.69. The maximum atomic E-state index is 12.2. The minimum absolute atomic E-state index is 0.0523. The number of hydrogen-bond acceptors (Lipinski definition) is 3. The minimum atomic E-state index is -0.401. The van der Waals surface area contributed by atoms with E-state index in [1.54, 1.807) is 0 Å². The number of carbonyl (C=O) groups excluding carboxylic acids is 2. The highest BCUT2D eigenvalue weighted by Gasteiger charge is 2.26. The Morgan fingerprint density at radius 3 is 2.68 bits per heavy atom. The zero-order valence-electron chi connectivity index (χ0n) is 21.7. The lowest BCUT2D eigenvalue weighted by Gasteiger charge is -2.13. The van der Waals surface area contributed by atoms with Gasteiger partial charge in [-0.05, 0) is 81.9 Å². The van der Waals surface area contributed by atoms with Crippen molar-refractivity contribution >= 4 is 39.0 Å². The lowest BCUT2D eigenvalue weighted by Crippen LogP contribution is -2.41. The molecule has 3 aromatic rings. The van der Waals surface area contributed by atoms with Crippen molar-refractivity contribution in [1.82, 2.24) is 20.4 Å². The van der Waals surface area contributed by atoms with Gasteiger partial charge in [-0.15, -0.1) is 0 Å². The molecule has 7 heteroatoms. The molecule has 2 N–H and O–H groups in total. The first kappa shape index (κ1) is 26.2. The number of allylic oxidation sites excluding steroid dienone is 4. The van der Waals surface area contributed by atoms with Gasteiger partial charge in [-0.25, -0.2) is 4.68 Å². The van der Waals surface area contributed by atoms with E-state index >= 15 is 0 Å². The molecule has 1 fully saturated rings. The van der Waals surface area contributed by atoms with Gasteiger partial charge in [0.15, 0.2) is 0 Å². The third-order valence-electron chi connectivity index (χ3n) is 7.34. The van der Waals surface area contributed by atoms with Crippen molar-refractivity contribution in [2.75, 3.05) is 0 Å². The summed E-state index contributed by atoms with van der Waals surface area (Å²) in [6.45, 7) is 2.67. The summed E-state index contributed by atoms with van der Waals surface area (Å²) in [4.78, 5) is 23.6. The molecule has 3 heterocycles. The van der Waals surface area contributed by atoms with E-state index in [9.17, 15) is 9.59 Å². The van der Waals surface area contributed by atoms with E-state index in [0.29, 0.717) is 19.4 Å². The fourth-order valence-electron chi connectivity index (χ4n) is 5.19. The molecule has 0 bridgehead atoms. The average molecular weight is 574 g/mol. The highest BCUT2D eigenvalue weighted by atomic mass is 79.9. The van der Waals surface area contributed by atoms with Crippen molar-refractivity contribution in [3.05, 3.63) is 99.3 Å². The van der Waals surface area contributed by atoms with Crippen LogP contribution in [-0.2, 0) is 35.4 Å². The Balaban J connectivity index is 1.22. The molecule has 2 aromatic carbocycles. The number of rotatable bonds is 9. The van der Waals surface area contributed by atoms with E-state index in [4.69, 9.17) is 0 Å². The van der Waals surface area contributed by atoms with Crippen LogP contribution < -0.4 is 10.6 Å². The van der Waals surface area contributed by atoms with E-state index < -0.39 is 6.04 Å². The van der Waals surface area contributed by atoms with Crippen LogP contribution in [0.4, 0.5) is 0 Å². The lowest BCUT2D eigenvalue weighted by molar-refractivity contribution is -0.125. The van der Waals surface area contributed by atoms with E-state index in [-0.39, 0.29) is 11.8 Å². The second kappa shape index (κ2) is 11.9. The van der Waals surface area contributed by atoms with Gasteiger partial charge in [0.1, 0.15) is 6.04 Å². The monoisotopic (exact) mass is 572 g/mol. The van der Waals surface area contributed by atoms with Crippen LogP contribution in [0.2, 0.25) is 0 Å². The smallest absolute Gasteiger partial charge is 0.242 e. The number of carbonyl (C=O) groups is 2. The largest absolute Gasteiger partial charge is 0.350 e.